The van der Waals surface area contributed by atoms with Crippen LogP contribution in [0.4, 0.5) is 0 Å². The quantitative estimate of drug-likeness (QED) is 0.686. The number of hydrogen-bond donors (Lipinski definition) is 1. The van der Waals surface area contributed by atoms with Crippen molar-refractivity contribution in [2.75, 3.05) is 6.61 Å². The van der Waals surface area contributed by atoms with Gasteiger partial charge < -0.3 is 9.84 Å². The van der Waals surface area contributed by atoms with Gasteiger partial charge in [-0.1, -0.05) is 19.3 Å². The first-order valence-electron chi connectivity index (χ1n) is 5.50. The van der Waals surface area contributed by atoms with Crippen LogP contribution >= 0.6 is 0 Å². The maximum absolute atomic E-state index is 9.78. The summed E-state index contributed by atoms with van der Waals surface area (Å²) in [6.45, 7) is 4.82. The van der Waals surface area contributed by atoms with Crippen molar-refractivity contribution < 1.29 is 9.84 Å². The van der Waals surface area contributed by atoms with Gasteiger partial charge in [-0.25, -0.2) is 0 Å². The van der Waals surface area contributed by atoms with Crippen molar-refractivity contribution in [1.82, 2.24) is 0 Å². The summed E-state index contributed by atoms with van der Waals surface area (Å²) < 4.78 is 5.55. The van der Waals surface area contributed by atoms with Crippen LogP contribution in [0.3, 0.4) is 0 Å². The fraction of sp³-hybridized carbons (Fsp3) is 1.00. The van der Waals surface area contributed by atoms with E-state index >= 15 is 0 Å². The molecule has 0 amide bonds. The highest BCUT2D eigenvalue weighted by molar-refractivity contribution is 4.72. The largest absolute Gasteiger partial charge is 0.393 e. The SMILES string of the molecule is CC(C)OCC1CCCCCC1O. The second kappa shape index (κ2) is 5.61. The Morgan fingerprint density at radius 3 is 2.62 bits per heavy atom. The van der Waals surface area contributed by atoms with E-state index in [1.54, 1.807) is 0 Å². The highest BCUT2D eigenvalue weighted by Gasteiger charge is 2.21. The molecule has 0 saturated heterocycles. The molecule has 13 heavy (non-hydrogen) atoms. The Kier molecular flexibility index (Phi) is 4.74. The molecule has 0 aromatic rings. The zero-order chi connectivity index (χ0) is 9.68. The van der Waals surface area contributed by atoms with Gasteiger partial charge in [-0.3, -0.25) is 0 Å². The van der Waals surface area contributed by atoms with Gasteiger partial charge in [0.2, 0.25) is 0 Å². The summed E-state index contributed by atoms with van der Waals surface area (Å²) in [5.74, 6) is 0.380. The van der Waals surface area contributed by atoms with Crippen LogP contribution < -0.4 is 0 Å². The monoisotopic (exact) mass is 186 g/mol. The van der Waals surface area contributed by atoms with Gasteiger partial charge in [0.25, 0.3) is 0 Å². The van der Waals surface area contributed by atoms with E-state index in [4.69, 9.17) is 4.74 Å². The normalized spacial score (nSPS) is 30.5. The fourth-order valence-corrected chi connectivity index (χ4v) is 1.88. The van der Waals surface area contributed by atoms with Gasteiger partial charge in [-0.05, 0) is 26.7 Å². The molecule has 2 unspecified atom stereocenters. The molecule has 1 aliphatic rings. The fourth-order valence-electron chi connectivity index (χ4n) is 1.88. The Morgan fingerprint density at radius 2 is 1.92 bits per heavy atom. The summed E-state index contributed by atoms with van der Waals surface area (Å²) in [5.41, 5.74) is 0. The second-order valence-electron chi connectivity index (χ2n) is 4.35. The van der Waals surface area contributed by atoms with Gasteiger partial charge in [0, 0.05) is 5.92 Å². The van der Waals surface area contributed by atoms with Crippen molar-refractivity contribution in [3.8, 4) is 0 Å². The van der Waals surface area contributed by atoms with Crippen LogP contribution in [0.25, 0.3) is 0 Å². The zero-order valence-corrected chi connectivity index (χ0v) is 8.83. The zero-order valence-electron chi connectivity index (χ0n) is 8.83. The molecule has 0 aliphatic heterocycles. The van der Waals surface area contributed by atoms with Gasteiger partial charge in [0.05, 0.1) is 18.8 Å². The van der Waals surface area contributed by atoms with E-state index in [0.29, 0.717) is 5.92 Å². The Morgan fingerprint density at radius 1 is 1.23 bits per heavy atom. The van der Waals surface area contributed by atoms with Crippen LogP contribution in [0.5, 0.6) is 0 Å². The summed E-state index contributed by atoms with van der Waals surface area (Å²) in [4.78, 5) is 0. The minimum absolute atomic E-state index is 0.124. The first-order valence-corrected chi connectivity index (χ1v) is 5.50. The van der Waals surface area contributed by atoms with E-state index in [9.17, 15) is 5.11 Å². The van der Waals surface area contributed by atoms with Crippen LogP contribution in [-0.4, -0.2) is 23.9 Å². The molecule has 0 spiro atoms. The molecule has 1 N–H and O–H groups in total. The maximum Gasteiger partial charge on any atom is 0.0590 e. The average molecular weight is 186 g/mol. The van der Waals surface area contributed by atoms with E-state index < -0.39 is 0 Å². The number of hydrogen-bond acceptors (Lipinski definition) is 2. The molecule has 2 atom stereocenters. The molecule has 2 heteroatoms. The minimum Gasteiger partial charge on any atom is -0.393 e. The summed E-state index contributed by atoms with van der Waals surface area (Å²) in [6.07, 6.45) is 5.97. The van der Waals surface area contributed by atoms with Crippen LogP contribution in [0.2, 0.25) is 0 Å². The summed E-state index contributed by atoms with van der Waals surface area (Å²) in [7, 11) is 0. The summed E-state index contributed by atoms with van der Waals surface area (Å²) in [5, 5.41) is 9.78. The van der Waals surface area contributed by atoms with Gasteiger partial charge in [0.1, 0.15) is 0 Å². The molecule has 1 rings (SSSR count). The molecule has 0 radical (unpaired) electrons. The lowest BCUT2D eigenvalue weighted by molar-refractivity contribution is -0.000152. The van der Waals surface area contributed by atoms with Gasteiger partial charge in [0.15, 0.2) is 0 Å². The lowest BCUT2D eigenvalue weighted by Crippen LogP contribution is -2.25. The second-order valence-corrected chi connectivity index (χ2v) is 4.35. The third-order valence-electron chi connectivity index (χ3n) is 2.76. The topological polar surface area (TPSA) is 29.5 Å². The highest BCUT2D eigenvalue weighted by atomic mass is 16.5. The molecule has 1 saturated carbocycles. The molecule has 1 fully saturated rings. The van der Waals surface area contributed by atoms with Crippen LogP contribution in [0.1, 0.15) is 46.0 Å². The van der Waals surface area contributed by atoms with E-state index in [0.717, 1.165) is 19.4 Å². The standard InChI is InChI=1S/C11H22O2/c1-9(2)13-8-10-6-4-3-5-7-11(10)12/h9-12H,3-8H2,1-2H3. The number of rotatable bonds is 3. The molecular formula is C11H22O2. The smallest absolute Gasteiger partial charge is 0.0590 e. The summed E-state index contributed by atoms with van der Waals surface area (Å²) in [6, 6.07) is 0. The Hall–Kier alpha value is -0.0800. The van der Waals surface area contributed by atoms with Gasteiger partial charge >= 0.3 is 0 Å². The molecule has 0 bridgehead atoms. The number of aliphatic hydroxyl groups is 1. The molecule has 78 valence electrons. The van der Waals surface area contributed by atoms with Crippen LogP contribution in [0, 0.1) is 5.92 Å². The van der Waals surface area contributed by atoms with E-state index in [2.05, 4.69) is 0 Å². The van der Waals surface area contributed by atoms with Crippen molar-refractivity contribution in [2.24, 2.45) is 5.92 Å². The Labute approximate surface area is 81.3 Å². The molecule has 1 aliphatic carbocycles. The van der Waals surface area contributed by atoms with Crippen molar-refractivity contribution in [3.05, 3.63) is 0 Å². The van der Waals surface area contributed by atoms with Gasteiger partial charge in [-0.15, -0.1) is 0 Å². The predicted molar refractivity (Wildman–Crippen MR) is 53.7 cm³/mol. The average Bonchev–Trinajstić information content (AvgIpc) is 2.27. The van der Waals surface area contributed by atoms with Crippen molar-refractivity contribution in [3.63, 3.8) is 0 Å². The molecule has 0 aromatic heterocycles. The number of aliphatic hydroxyl groups excluding tert-OH is 1. The maximum atomic E-state index is 9.78. The first-order chi connectivity index (χ1) is 6.20. The lowest BCUT2D eigenvalue weighted by Gasteiger charge is -2.21. The molecule has 0 heterocycles. The van der Waals surface area contributed by atoms with Crippen LogP contribution in [-0.2, 0) is 4.74 Å². The van der Waals surface area contributed by atoms with Crippen molar-refractivity contribution in [1.29, 1.82) is 0 Å². The third-order valence-corrected chi connectivity index (χ3v) is 2.76. The molecule has 0 aromatic carbocycles. The Bertz CT molecular complexity index is 134. The van der Waals surface area contributed by atoms with Crippen LogP contribution in [0.15, 0.2) is 0 Å². The molecule has 2 nitrogen and oxygen atoms in total. The highest BCUT2D eigenvalue weighted by Crippen LogP contribution is 2.23. The lowest BCUT2D eigenvalue weighted by atomic mass is 9.98. The minimum atomic E-state index is -0.124. The number of ether oxygens (including phenoxy) is 1. The summed E-state index contributed by atoms with van der Waals surface area (Å²) >= 11 is 0. The van der Waals surface area contributed by atoms with E-state index in [-0.39, 0.29) is 12.2 Å². The Balaban J connectivity index is 2.27. The predicted octanol–water partition coefficient (Wildman–Crippen LogP) is 2.35. The third kappa shape index (κ3) is 4.10. The van der Waals surface area contributed by atoms with E-state index in [1.807, 2.05) is 13.8 Å². The molecular weight excluding hydrogens is 164 g/mol. The van der Waals surface area contributed by atoms with E-state index in [1.165, 1.54) is 19.3 Å². The van der Waals surface area contributed by atoms with Crippen molar-refractivity contribution in [2.45, 2.75) is 58.2 Å². The first kappa shape index (κ1) is 11.0. The van der Waals surface area contributed by atoms with Gasteiger partial charge in [-0.2, -0.15) is 0 Å². The van der Waals surface area contributed by atoms with Crippen molar-refractivity contribution >= 4 is 0 Å².